The van der Waals surface area contributed by atoms with Crippen LogP contribution in [0, 0.1) is 27.7 Å². The minimum atomic E-state index is 0.770. The van der Waals surface area contributed by atoms with Crippen molar-refractivity contribution in [3.05, 3.63) is 89.0 Å². The third kappa shape index (κ3) is 11.4. The molecule has 0 aliphatic heterocycles. The van der Waals surface area contributed by atoms with Crippen LogP contribution >= 0.6 is 17.8 Å². The van der Waals surface area contributed by atoms with Gasteiger partial charge in [0.2, 0.25) is 0 Å². The van der Waals surface area contributed by atoms with Gasteiger partial charge in [-0.15, -0.1) is 9.24 Å². The summed E-state index contributed by atoms with van der Waals surface area (Å²) in [6, 6.07) is 23.9. The third-order valence-electron chi connectivity index (χ3n) is 3.53. The molecule has 0 fully saturated rings. The standard InChI is InChI=1S/C14H15P.C8H11P.2C2H6/c1-11-8-12(2)10-14(9-11)15-13-6-4-3-5-7-13;1-6-3-7(2)5-8(9)4-6;2*1-2/h3-10,15H,1-2H3;3-5H,9H2,1-2H3;2*1-2H3. The van der Waals surface area contributed by atoms with Gasteiger partial charge in [0, 0.05) is 0 Å². The van der Waals surface area contributed by atoms with Crippen LogP contribution in [0.5, 0.6) is 0 Å². The van der Waals surface area contributed by atoms with Gasteiger partial charge in [0.25, 0.3) is 0 Å². The molecule has 2 unspecified atom stereocenters. The quantitative estimate of drug-likeness (QED) is 0.407. The van der Waals surface area contributed by atoms with Crippen molar-refractivity contribution in [1.82, 2.24) is 0 Å². The summed E-state index contributed by atoms with van der Waals surface area (Å²) in [5, 5.41) is 4.11. The highest BCUT2D eigenvalue weighted by atomic mass is 31.1. The molecular weight excluding hydrogens is 374 g/mol. The fourth-order valence-corrected chi connectivity index (χ4v) is 4.56. The van der Waals surface area contributed by atoms with Gasteiger partial charge in [-0.25, -0.2) is 0 Å². The largest absolute Gasteiger partial charge is 0.106 e. The number of benzene rings is 3. The smallest absolute Gasteiger partial charge is 0.0221 e. The maximum absolute atomic E-state index is 2.70. The molecule has 2 heteroatoms. The number of hydrogen-bond acceptors (Lipinski definition) is 0. The van der Waals surface area contributed by atoms with Gasteiger partial charge < -0.3 is 0 Å². The van der Waals surface area contributed by atoms with Crippen LogP contribution in [0.1, 0.15) is 49.9 Å². The average Bonchev–Trinajstić information content (AvgIpc) is 2.64. The van der Waals surface area contributed by atoms with E-state index in [0.29, 0.717) is 0 Å². The zero-order valence-corrected chi connectivity index (χ0v) is 21.1. The van der Waals surface area contributed by atoms with E-state index in [4.69, 9.17) is 0 Å². The minimum absolute atomic E-state index is 0.770. The van der Waals surface area contributed by atoms with Gasteiger partial charge in [-0.1, -0.05) is 125 Å². The van der Waals surface area contributed by atoms with Gasteiger partial charge in [-0.3, -0.25) is 0 Å². The van der Waals surface area contributed by atoms with E-state index in [1.54, 1.807) is 0 Å². The molecule has 0 heterocycles. The second kappa shape index (κ2) is 15.4. The van der Waals surface area contributed by atoms with Crippen LogP contribution in [0.4, 0.5) is 0 Å². The number of rotatable bonds is 2. The highest BCUT2D eigenvalue weighted by Gasteiger charge is 1.97. The Labute approximate surface area is 178 Å². The van der Waals surface area contributed by atoms with E-state index in [1.165, 1.54) is 38.2 Å². The summed E-state index contributed by atoms with van der Waals surface area (Å²) in [5.41, 5.74) is 5.38. The highest BCUT2D eigenvalue weighted by Crippen LogP contribution is 2.13. The molecule has 0 saturated heterocycles. The maximum Gasteiger partial charge on any atom is -0.0221 e. The lowest BCUT2D eigenvalue weighted by Crippen LogP contribution is -2.03. The monoisotopic (exact) mass is 412 g/mol. The van der Waals surface area contributed by atoms with E-state index >= 15 is 0 Å². The third-order valence-corrected chi connectivity index (χ3v) is 5.06. The molecule has 0 aliphatic carbocycles. The summed E-state index contributed by atoms with van der Waals surface area (Å²) in [4.78, 5) is 0. The van der Waals surface area contributed by atoms with Crippen LogP contribution < -0.4 is 15.9 Å². The van der Waals surface area contributed by atoms with Gasteiger partial charge in [0.1, 0.15) is 0 Å². The lowest BCUT2D eigenvalue weighted by molar-refractivity contribution is 1.41. The van der Waals surface area contributed by atoms with E-state index in [0.717, 1.165) is 8.58 Å². The van der Waals surface area contributed by atoms with E-state index < -0.39 is 0 Å². The first-order valence-corrected chi connectivity index (χ1v) is 11.7. The van der Waals surface area contributed by atoms with Crippen LogP contribution in [-0.4, -0.2) is 0 Å². The fourth-order valence-electron chi connectivity index (χ4n) is 2.74. The summed E-state index contributed by atoms with van der Waals surface area (Å²) in [6.07, 6.45) is 0. The van der Waals surface area contributed by atoms with E-state index in [2.05, 4.69) is 104 Å². The van der Waals surface area contributed by atoms with Gasteiger partial charge in [-0.05, 0) is 43.6 Å². The van der Waals surface area contributed by atoms with E-state index in [1.807, 2.05) is 27.7 Å². The topological polar surface area (TPSA) is 0 Å². The maximum atomic E-state index is 2.70. The molecule has 0 amide bonds. The second-order valence-corrected chi connectivity index (χ2v) is 8.36. The first kappa shape index (κ1) is 26.5. The summed E-state index contributed by atoms with van der Waals surface area (Å²) in [7, 11) is 3.47. The zero-order valence-electron chi connectivity index (χ0n) is 18.9. The Bertz CT molecular complexity index is 722. The molecule has 0 bridgehead atoms. The predicted molar refractivity (Wildman–Crippen MR) is 138 cm³/mol. The van der Waals surface area contributed by atoms with Crippen LogP contribution in [0.15, 0.2) is 66.7 Å². The molecule has 0 spiro atoms. The molecule has 0 radical (unpaired) electrons. The summed E-state index contributed by atoms with van der Waals surface area (Å²) in [5.74, 6) is 0. The van der Waals surface area contributed by atoms with Crippen molar-refractivity contribution in [3.8, 4) is 0 Å². The Morgan fingerprint density at radius 3 is 1.32 bits per heavy atom. The molecule has 0 aromatic heterocycles. The van der Waals surface area contributed by atoms with Crippen molar-refractivity contribution in [2.45, 2.75) is 55.4 Å². The van der Waals surface area contributed by atoms with Crippen LogP contribution in [-0.2, 0) is 0 Å². The van der Waals surface area contributed by atoms with Crippen LogP contribution in [0.25, 0.3) is 0 Å². The van der Waals surface area contributed by atoms with E-state index in [9.17, 15) is 0 Å². The minimum Gasteiger partial charge on any atom is -0.106 e. The fraction of sp³-hybridized carbons (Fsp3) is 0.308. The van der Waals surface area contributed by atoms with E-state index in [-0.39, 0.29) is 0 Å². The SMILES string of the molecule is CC.CC.Cc1cc(C)cc(P)c1.Cc1cc(C)cc(Pc2ccccc2)c1. The van der Waals surface area contributed by atoms with Crippen molar-refractivity contribution in [2.75, 3.05) is 0 Å². The Hall–Kier alpha value is -1.48. The van der Waals surface area contributed by atoms with Crippen LogP contribution in [0.2, 0.25) is 0 Å². The Kier molecular flexibility index (Phi) is 14.6. The number of hydrogen-bond donors (Lipinski definition) is 0. The van der Waals surface area contributed by atoms with Crippen molar-refractivity contribution in [3.63, 3.8) is 0 Å². The van der Waals surface area contributed by atoms with Gasteiger partial charge in [-0.2, -0.15) is 0 Å². The molecule has 0 N–H and O–H groups in total. The highest BCUT2D eigenvalue weighted by molar-refractivity contribution is 7.55. The van der Waals surface area contributed by atoms with Crippen LogP contribution in [0.3, 0.4) is 0 Å². The predicted octanol–water partition coefficient (Wildman–Crippen LogP) is 6.79. The first-order chi connectivity index (χ1) is 13.4. The normalized spacial score (nSPS) is 9.46. The summed E-state index contributed by atoms with van der Waals surface area (Å²) < 4.78 is 0. The lowest BCUT2D eigenvalue weighted by atomic mass is 10.2. The molecular formula is C26H38P2. The first-order valence-electron chi connectivity index (χ1n) is 10.2. The molecule has 0 aliphatic rings. The second-order valence-electron chi connectivity index (χ2n) is 6.29. The molecule has 3 rings (SSSR count). The van der Waals surface area contributed by atoms with Crippen molar-refractivity contribution >= 4 is 33.7 Å². The van der Waals surface area contributed by atoms with Crippen molar-refractivity contribution in [2.24, 2.45) is 0 Å². The Morgan fingerprint density at radius 2 is 0.929 bits per heavy atom. The molecule has 3 aromatic rings. The zero-order chi connectivity index (χ0) is 21.5. The molecule has 152 valence electrons. The van der Waals surface area contributed by atoms with Gasteiger partial charge in [0.15, 0.2) is 0 Å². The molecule has 28 heavy (non-hydrogen) atoms. The Balaban J connectivity index is 0.000000481. The lowest BCUT2D eigenvalue weighted by Gasteiger charge is -2.05. The Morgan fingerprint density at radius 1 is 0.536 bits per heavy atom. The molecule has 0 nitrogen and oxygen atoms in total. The summed E-state index contributed by atoms with van der Waals surface area (Å²) >= 11 is 0. The average molecular weight is 413 g/mol. The van der Waals surface area contributed by atoms with Gasteiger partial charge in [0.05, 0.1) is 0 Å². The molecule has 2 atom stereocenters. The number of aryl methyl sites for hydroxylation is 4. The van der Waals surface area contributed by atoms with Gasteiger partial charge >= 0.3 is 0 Å². The van der Waals surface area contributed by atoms with Crippen molar-refractivity contribution in [1.29, 1.82) is 0 Å². The summed E-state index contributed by atoms with van der Waals surface area (Å²) in [6.45, 7) is 16.5. The van der Waals surface area contributed by atoms with Crippen molar-refractivity contribution < 1.29 is 0 Å². The molecule has 3 aromatic carbocycles. The molecule has 0 saturated carbocycles.